The third-order valence-electron chi connectivity index (χ3n) is 2.52. The Morgan fingerprint density at radius 3 is 2.60 bits per heavy atom. The van der Waals surface area contributed by atoms with E-state index in [-0.39, 0.29) is 35.5 Å². The summed E-state index contributed by atoms with van der Waals surface area (Å²) in [7, 11) is 1.45. The number of rotatable bonds is 6. The maximum atomic E-state index is 13.5. The molecule has 0 aliphatic carbocycles. The SMILES string of the molecule is CCCNC(=NCc1ccc(OC)c(F)c1)NCC.I. The molecule has 0 spiro atoms. The number of ether oxygens (including phenoxy) is 1. The molecule has 0 aromatic heterocycles. The predicted octanol–water partition coefficient (Wildman–Crippen LogP) is 2.92. The van der Waals surface area contributed by atoms with E-state index in [9.17, 15) is 4.39 Å². The lowest BCUT2D eigenvalue weighted by molar-refractivity contribution is 0.386. The summed E-state index contributed by atoms with van der Waals surface area (Å²) in [5.41, 5.74) is 0.812. The first kappa shape index (κ1) is 18.9. The molecule has 4 nitrogen and oxygen atoms in total. The molecule has 0 atom stereocenters. The zero-order chi connectivity index (χ0) is 14.1. The molecule has 0 heterocycles. The highest BCUT2D eigenvalue weighted by molar-refractivity contribution is 14.0. The number of methoxy groups -OCH3 is 1. The molecule has 1 aromatic carbocycles. The molecule has 0 fully saturated rings. The van der Waals surface area contributed by atoms with E-state index >= 15 is 0 Å². The van der Waals surface area contributed by atoms with Crippen molar-refractivity contribution in [2.75, 3.05) is 20.2 Å². The van der Waals surface area contributed by atoms with Gasteiger partial charge in [-0.25, -0.2) is 9.38 Å². The molecule has 6 heteroatoms. The van der Waals surface area contributed by atoms with Gasteiger partial charge in [-0.2, -0.15) is 0 Å². The minimum atomic E-state index is -0.360. The van der Waals surface area contributed by atoms with Crippen molar-refractivity contribution >= 4 is 29.9 Å². The van der Waals surface area contributed by atoms with E-state index in [0.29, 0.717) is 6.54 Å². The summed E-state index contributed by atoms with van der Waals surface area (Å²) < 4.78 is 18.4. The summed E-state index contributed by atoms with van der Waals surface area (Å²) >= 11 is 0. The van der Waals surface area contributed by atoms with Crippen molar-refractivity contribution < 1.29 is 9.13 Å². The van der Waals surface area contributed by atoms with E-state index in [0.717, 1.165) is 31.0 Å². The molecule has 0 saturated heterocycles. The molecule has 0 aliphatic heterocycles. The zero-order valence-corrected chi connectivity index (χ0v) is 14.5. The topological polar surface area (TPSA) is 45.7 Å². The molecule has 0 radical (unpaired) electrons. The van der Waals surface area contributed by atoms with E-state index in [1.165, 1.54) is 13.2 Å². The summed E-state index contributed by atoms with van der Waals surface area (Å²) in [6.45, 7) is 6.20. The van der Waals surface area contributed by atoms with Gasteiger partial charge in [-0.3, -0.25) is 0 Å². The van der Waals surface area contributed by atoms with Gasteiger partial charge in [-0.05, 0) is 31.0 Å². The molecule has 1 aromatic rings. The van der Waals surface area contributed by atoms with Gasteiger partial charge in [0.1, 0.15) is 0 Å². The fraction of sp³-hybridized carbons (Fsp3) is 0.500. The quantitative estimate of drug-likeness (QED) is 0.443. The van der Waals surface area contributed by atoms with Gasteiger partial charge >= 0.3 is 0 Å². The van der Waals surface area contributed by atoms with Crippen molar-refractivity contribution in [1.29, 1.82) is 0 Å². The lowest BCUT2D eigenvalue weighted by atomic mass is 10.2. The third kappa shape index (κ3) is 6.40. The van der Waals surface area contributed by atoms with Crippen molar-refractivity contribution in [3.05, 3.63) is 29.6 Å². The van der Waals surface area contributed by atoms with Crippen molar-refractivity contribution in [1.82, 2.24) is 10.6 Å². The molecular formula is C14H23FIN3O. The van der Waals surface area contributed by atoms with E-state index in [1.807, 2.05) is 13.0 Å². The van der Waals surface area contributed by atoms with Crippen molar-refractivity contribution in [2.45, 2.75) is 26.8 Å². The van der Waals surface area contributed by atoms with Gasteiger partial charge in [0, 0.05) is 13.1 Å². The van der Waals surface area contributed by atoms with Crippen LogP contribution in [-0.4, -0.2) is 26.2 Å². The van der Waals surface area contributed by atoms with Gasteiger partial charge < -0.3 is 15.4 Å². The van der Waals surface area contributed by atoms with Gasteiger partial charge in [-0.1, -0.05) is 13.0 Å². The molecule has 0 bridgehead atoms. The highest BCUT2D eigenvalue weighted by Crippen LogP contribution is 2.17. The molecule has 114 valence electrons. The second-order valence-corrected chi connectivity index (χ2v) is 4.09. The summed E-state index contributed by atoms with van der Waals surface area (Å²) in [4.78, 5) is 4.40. The van der Waals surface area contributed by atoms with E-state index in [1.54, 1.807) is 6.07 Å². The molecule has 2 N–H and O–H groups in total. The number of benzene rings is 1. The number of hydrogen-bond donors (Lipinski definition) is 2. The molecule has 0 saturated carbocycles. The largest absolute Gasteiger partial charge is 0.494 e. The smallest absolute Gasteiger partial charge is 0.191 e. The molecule has 0 aliphatic rings. The number of nitrogens with one attached hydrogen (secondary N) is 2. The lowest BCUT2D eigenvalue weighted by Crippen LogP contribution is -2.37. The van der Waals surface area contributed by atoms with Crippen LogP contribution in [0.3, 0.4) is 0 Å². The van der Waals surface area contributed by atoms with Gasteiger partial charge in [0.2, 0.25) is 0 Å². The van der Waals surface area contributed by atoms with E-state index in [4.69, 9.17) is 4.74 Å². The first-order chi connectivity index (χ1) is 9.21. The number of aliphatic imine (C=N–C) groups is 1. The van der Waals surface area contributed by atoms with Gasteiger partial charge in [0.15, 0.2) is 17.5 Å². The van der Waals surface area contributed by atoms with Crippen LogP contribution in [0.4, 0.5) is 4.39 Å². The molecular weight excluding hydrogens is 372 g/mol. The Morgan fingerprint density at radius 1 is 1.30 bits per heavy atom. The first-order valence-electron chi connectivity index (χ1n) is 6.55. The second kappa shape index (κ2) is 10.7. The van der Waals surface area contributed by atoms with Crippen LogP contribution >= 0.6 is 24.0 Å². The van der Waals surface area contributed by atoms with Crippen LogP contribution < -0.4 is 15.4 Å². The molecule has 20 heavy (non-hydrogen) atoms. The summed E-state index contributed by atoms with van der Waals surface area (Å²) in [6.07, 6.45) is 1.03. The lowest BCUT2D eigenvalue weighted by Gasteiger charge is -2.10. The van der Waals surface area contributed by atoms with Crippen LogP contribution in [0.5, 0.6) is 5.75 Å². The van der Waals surface area contributed by atoms with Crippen molar-refractivity contribution in [2.24, 2.45) is 4.99 Å². The predicted molar refractivity (Wildman–Crippen MR) is 91.5 cm³/mol. The molecule has 0 unspecified atom stereocenters. The van der Waals surface area contributed by atoms with Crippen LogP contribution in [-0.2, 0) is 6.54 Å². The maximum Gasteiger partial charge on any atom is 0.191 e. The summed E-state index contributed by atoms with van der Waals surface area (Å²) in [6, 6.07) is 4.88. The van der Waals surface area contributed by atoms with Gasteiger partial charge in [-0.15, -0.1) is 24.0 Å². The van der Waals surface area contributed by atoms with Crippen molar-refractivity contribution in [3.63, 3.8) is 0 Å². The second-order valence-electron chi connectivity index (χ2n) is 4.09. The fourth-order valence-electron chi connectivity index (χ4n) is 1.56. The normalized spacial score (nSPS) is 10.7. The van der Waals surface area contributed by atoms with Crippen molar-refractivity contribution in [3.8, 4) is 5.75 Å². The van der Waals surface area contributed by atoms with Crippen LogP contribution in [0.15, 0.2) is 23.2 Å². The minimum Gasteiger partial charge on any atom is -0.494 e. The number of nitrogens with zero attached hydrogens (tertiary/aromatic N) is 1. The Morgan fingerprint density at radius 2 is 2.05 bits per heavy atom. The Hall–Kier alpha value is -1.05. The Bertz CT molecular complexity index is 427. The van der Waals surface area contributed by atoms with Crippen LogP contribution in [0.25, 0.3) is 0 Å². The first-order valence-corrected chi connectivity index (χ1v) is 6.55. The molecule has 0 amide bonds. The standard InChI is InChI=1S/C14H22FN3O.HI/c1-4-8-17-14(16-5-2)18-10-11-6-7-13(19-3)12(15)9-11;/h6-7,9H,4-5,8,10H2,1-3H3,(H2,16,17,18);1H. The average molecular weight is 395 g/mol. The Balaban J connectivity index is 0.00000361. The van der Waals surface area contributed by atoms with E-state index < -0.39 is 0 Å². The van der Waals surface area contributed by atoms with Crippen LogP contribution in [0, 0.1) is 5.82 Å². The van der Waals surface area contributed by atoms with Crippen LogP contribution in [0.1, 0.15) is 25.8 Å². The Kier molecular flexibility index (Phi) is 10.1. The fourth-order valence-corrected chi connectivity index (χ4v) is 1.56. The average Bonchev–Trinajstić information content (AvgIpc) is 2.42. The summed E-state index contributed by atoms with van der Waals surface area (Å²) in [5.74, 6) is 0.644. The highest BCUT2D eigenvalue weighted by atomic mass is 127. The zero-order valence-electron chi connectivity index (χ0n) is 12.2. The number of halogens is 2. The van der Waals surface area contributed by atoms with E-state index in [2.05, 4.69) is 22.5 Å². The third-order valence-corrected chi connectivity index (χ3v) is 2.52. The summed E-state index contributed by atoms with van der Waals surface area (Å²) in [5, 5.41) is 6.34. The van der Waals surface area contributed by atoms with Crippen LogP contribution in [0.2, 0.25) is 0 Å². The number of guanidine groups is 1. The molecule has 1 rings (SSSR count). The number of hydrogen-bond acceptors (Lipinski definition) is 2. The Labute approximate surface area is 137 Å². The maximum absolute atomic E-state index is 13.5. The minimum absolute atomic E-state index is 0. The highest BCUT2D eigenvalue weighted by Gasteiger charge is 2.03. The monoisotopic (exact) mass is 395 g/mol. The van der Waals surface area contributed by atoms with Gasteiger partial charge in [0.25, 0.3) is 0 Å². The van der Waals surface area contributed by atoms with Gasteiger partial charge in [0.05, 0.1) is 13.7 Å².